The average Bonchev–Trinajstić information content (AvgIpc) is 2.74. The Morgan fingerprint density at radius 1 is 0.500 bits per heavy atom. The molecule has 0 unspecified atom stereocenters. The maximum atomic E-state index is 13.5. The second-order valence-corrected chi connectivity index (χ2v) is 14.1. The standard InChI is InChI=1S/C22H32O8P2/c1-25-13-11-15(31(7,8)23)17(21(29-5)19(13)27-3)18-16(32(9,10)24)12-14(26-2)20(28-4)22(18)30-6/h11-12H,1-10H3. The number of rotatable bonds is 9. The average molecular weight is 486 g/mol. The highest BCUT2D eigenvalue weighted by Crippen LogP contribution is 2.56. The van der Waals surface area contributed by atoms with Crippen LogP contribution in [0.25, 0.3) is 11.1 Å². The van der Waals surface area contributed by atoms with Gasteiger partial charge in [-0.1, -0.05) is 0 Å². The van der Waals surface area contributed by atoms with Crippen LogP contribution in [0.4, 0.5) is 0 Å². The molecule has 10 heteroatoms. The molecule has 0 fully saturated rings. The van der Waals surface area contributed by atoms with Crippen LogP contribution in [-0.2, 0) is 9.13 Å². The number of hydrogen-bond acceptors (Lipinski definition) is 8. The predicted molar refractivity (Wildman–Crippen MR) is 129 cm³/mol. The maximum Gasteiger partial charge on any atom is 0.203 e. The van der Waals surface area contributed by atoms with Gasteiger partial charge in [0.05, 0.1) is 42.7 Å². The van der Waals surface area contributed by atoms with Crippen molar-refractivity contribution in [3.8, 4) is 45.6 Å². The molecule has 2 aromatic carbocycles. The molecule has 0 bridgehead atoms. The SMILES string of the molecule is COc1cc(P(C)(C)=O)c(-c2c(P(C)(C)=O)cc(OC)c(OC)c2OC)c(OC)c1OC. The Morgan fingerprint density at radius 2 is 0.781 bits per heavy atom. The molecule has 32 heavy (non-hydrogen) atoms. The van der Waals surface area contributed by atoms with Crippen LogP contribution in [0.3, 0.4) is 0 Å². The quantitative estimate of drug-likeness (QED) is 0.493. The molecule has 178 valence electrons. The van der Waals surface area contributed by atoms with Crippen LogP contribution >= 0.6 is 14.3 Å². The molecule has 0 N–H and O–H groups in total. The first-order valence-electron chi connectivity index (χ1n) is 9.68. The Morgan fingerprint density at radius 3 is 0.969 bits per heavy atom. The summed E-state index contributed by atoms with van der Waals surface area (Å²) in [6, 6.07) is 3.32. The lowest BCUT2D eigenvalue weighted by Gasteiger charge is -2.26. The van der Waals surface area contributed by atoms with Gasteiger partial charge in [0, 0.05) is 21.7 Å². The van der Waals surface area contributed by atoms with Gasteiger partial charge in [-0.15, -0.1) is 0 Å². The van der Waals surface area contributed by atoms with Gasteiger partial charge in [-0.3, -0.25) is 0 Å². The second-order valence-electron chi connectivity index (χ2n) is 7.78. The van der Waals surface area contributed by atoms with Crippen LogP contribution in [0, 0.1) is 0 Å². The van der Waals surface area contributed by atoms with Gasteiger partial charge in [0.2, 0.25) is 11.5 Å². The Labute approximate surface area is 189 Å². The third-order valence-electron chi connectivity index (χ3n) is 5.03. The molecular formula is C22H32O8P2. The van der Waals surface area contributed by atoms with E-state index in [0.717, 1.165) is 0 Å². The molecule has 0 aromatic heterocycles. The minimum atomic E-state index is -2.91. The van der Waals surface area contributed by atoms with Gasteiger partial charge in [0.1, 0.15) is 14.3 Å². The van der Waals surface area contributed by atoms with Crippen molar-refractivity contribution < 1.29 is 37.6 Å². The van der Waals surface area contributed by atoms with Crippen molar-refractivity contribution in [3.05, 3.63) is 12.1 Å². The number of ether oxygens (including phenoxy) is 6. The molecular weight excluding hydrogens is 454 g/mol. The van der Waals surface area contributed by atoms with Gasteiger partial charge in [-0.05, 0) is 38.8 Å². The van der Waals surface area contributed by atoms with E-state index in [1.807, 2.05) is 0 Å². The molecule has 0 saturated heterocycles. The molecule has 0 spiro atoms. The maximum absolute atomic E-state index is 13.5. The molecule has 2 aromatic rings. The highest BCUT2D eigenvalue weighted by molar-refractivity contribution is 7.71. The summed E-state index contributed by atoms with van der Waals surface area (Å²) in [6.45, 7) is 6.56. The Kier molecular flexibility index (Phi) is 7.85. The Bertz CT molecular complexity index is 1010. The minimum absolute atomic E-state index is 0.283. The van der Waals surface area contributed by atoms with Crippen LogP contribution in [0.15, 0.2) is 12.1 Å². The van der Waals surface area contributed by atoms with E-state index >= 15 is 0 Å². The van der Waals surface area contributed by atoms with Crippen molar-refractivity contribution >= 4 is 24.9 Å². The summed E-state index contributed by atoms with van der Waals surface area (Å²) in [6.07, 6.45) is 0. The van der Waals surface area contributed by atoms with E-state index in [4.69, 9.17) is 28.4 Å². The van der Waals surface area contributed by atoms with E-state index in [9.17, 15) is 9.13 Å². The Hall–Kier alpha value is -2.30. The van der Waals surface area contributed by atoms with Crippen LogP contribution in [0.1, 0.15) is 0 Å². The van der Waals surface area contributed by atoms with E-state index in [1.165, 1.54) is 42.7 Å². The summed E-state index contributed by atoms with van der Waals surface area (Å²) in [5.41, 5.74) is 0.880. The zero-order valence-electron chi connectivity index (χ0n) is 20.3. The van der Waals surface area contributed by atoms with Crippen LogP contribution < -0.4 is 39.0 Å². The molecule has 2 rings (SSSR count). The molecule has 0 aliphatic heterocycles. The fourth-order valence-electron chi connectivity index (χ4n) is 3.62. The first kappa shape index (κ1) is 26.0. The third-order valence-corrected chi connectivity index (χ3v) is 8.05. The highest BCUT2D eigenvalue weighted by atomic mass is 31.2. The van der Waals surface area contributed by atoms with Gasteiger partial charge in [-0.25, -0.2) is 0 Å². The van der Waals surface area contributed by atoms with Gasteiger partial charge in [0.15, 0.2) is 23.0 Å². The van der Waals surface area contributed by atoms with Crippen LogP contribution in [-0.4, -0.2) is 69.3 Å². The first-order valence-corrected chi connectivity index (χ1v) is 14.9. The van der Waals surface area contributed by atoms with Crippen molar-refractivity contribution in [1.82, 2.24) is 0 Å². The van der Waals surface area contributed by atoms with Crippen molar-refractivity contribution in [2.75, 3.05) is 69.3 Å². The molecule has 0 radical (unpaired) electrons. The minimum Gasteiger partial charge on any atom is -0.493 e. The predicted octanol–water partition coefficient (Wildman–Crippen LogP) is 3.90. The van der Waals surface area contributed by atoms with E-state index in [-0.39, 0.29) is 11.5 Å². The van der Waals surface area contributed by atoms with E-state index < -0.39 is 14.3 Å². The van der Waals surface area contributed by atoms with Crippen molar-refractivity contribution in [1.29, 1.82) is 0 Å². The molecule has 0 amide bonds. The van der Waals surface area contributed by atoms with Crippen LogP contribution in [0.5, 0.6) is 34.5 Å². The summed E-state index contributed by atoms with van der Waals surface area (Å²) in [4.78, 5) is 0. The monoisotopic (exact) mass is 486 g/mol. The second kappa shape index (κ2) is 9.68. The summed E-state index contributed by atoms with van der Waals surface area (Å²) >= 11 is 0. The normalized spacial score (nSPS) is 11.7. The largest absolute Gasteiger partial charge is 0.493 e. The molecule has 0 saturated carbocycles. The zero-order chi connectivity index (χ0) is 24.4. The van der Waals surface area contributed by atoms with Crippen molar-refractivity contribution in [2.24, 2.45) is 0 Å². The first-order chi connectivity index (χ1) is 14.9. The van der Waals surface area contributed by atoms with Gasteiger partial charge >= 0.3 is 0 Å². The molecule has 0 heterocycles. The van der Waals surface area contributed by atoms with Crippen molar-refractivity contribution in [3.63, 3.8) is 0 Å². The summed E-state index contributed by atoms with van der Waals surface area (Å²) in [5, 5.41) is 0.930. The van der Waals surface area contributed by atoms with Crippen LogP contribution in [0.2, 0.25) is 0 Å². The van der Waals surface area contributed by atoms with Gasteiger partial charge in [-0.2, -0.15) is 0 Å². The highest BCUT2D eigenvalue weighted by Gasteiger charge is 2.35. The summed E-state index contributed by atoms with van der Waals surface area (Å²) in [5.74, 6) is 1.92. The third kappa shape index (κ3) is 4.57. The number of methoxy groups -OCH3 is 6. The summed E-state index contributed by atoms with van der Waals surface area (Å²) in [7, 11) is 3.09. The van der Waals surface area contributed by atoms with E-state index in [2.05, 4.69) is 0 Å². The lowest BCUT2D eigenvalue weighted by molar-refractivity contribution is 0.323. The number of benzene rings is 2. The molecule has 0 aliphatic rings. The molecule has 8 nitrogen and oxygen atoms in total. The fourth-order valence-corrected chi connectivity index (χ4v) is 5.98. The van der Waals surface area contributed by atoms with Crippen molar-refractivity contribution in [2.45, 2.75) is 0 Å². The Balaban J connectivity index is 3.32. The van der Waals surface area contributed by atoms with E-state index in [0.29, 0.717) is 44.7 Å². The number of hydrogen-bond donors (Lipinski definition) is 0. The smallest absolute Gasteiger partial charge is 0.203 e. The lowest BCUT2D eigenvalue weighted by atomic mass is 10.0. The van der Waals surface area contributed by atoms with Gasteiger partial charge < -0.3 is 37.6 Å². The zero-order valence-corrected chi connectivity index (χ0v) is 22.1. The molecule has 0 atom stereocenters. The van der Waals surface area contributed by atoms with E-state index in [1.54, 1.807) is 38.8 Å². The molecule has 0 aliphatic carbocycles. The topological polar surface area (TPSA) is 89.5 Å². The fraction of sp³-hybridized carbons (Fsp3) is 0.455. The van der Waals surface area contributed by atoms with Gasteiger partial charge in [0.25, 0.3) is 0 Å². The lowest BCUT2D eigenvalue weighted by Crippen LogP contribution is -2.18. The summed E-state index contributed by atoms with van der Waals surface area (Å²) < 4.78 is 60.6.